The number of amides is 1. The van der Waals surface area contributed by atoms with E-state index in [4.69, 9.17) is 4.74 Å². The molecule has 1 aromatic carbocycles. The molecule has 3 aliphatic rings. The fraction of sp³-hybridized carbons (Fsp3) is 0.667. The highest BCUT2D eigenvalue weighted by Crippen LogP contribution is 2.40. The Morgan fingerprint density at radius 1 is 1.07 bits per heavy atom. The number of benzene rings is 1. The Bertz CT molecular complexity index is 843. The minimum absolute atomic E-state index is 0.00510. The van der Waals surface area contributed by atoms with E-state index in [9.17, 15) is 13.2 Å². The van der Waals surface area contributed by atoms with Gasteiger partial charge in [-0.05, 0) is 43.4 Å². The molecular formula is C21H31N3O4S. The van der Waals surface area contributed by atoms with Crippen molar-refractivity contribution in [3.05, 3.63) is 18.2 Å². The van der Waals surface area contributed by atoms with Crippen molar-refractivity contribution >= 4 is 27.3 Å². The summed E-state index contributed by atoms with van der Waals surface area (Å²) in [4.78, 5) is 15.2. The number of ether oxygens (including phenoxy) is 1. The van der Waals surface area contributed by atoms with Gasteiger partial charge < -0.3 is 15.0 Å². The average Bonchev–Trinajstić information content (AvgIpc) is 3.51. The van der Waals surface area contributed by atoms with Gasteiger partial charge in [-0.3, -0.25) is 4.79 Å². The highest BCUT2D eigenvalue weighted by Gasteiger charge is 2.39. The van der Waals surface area contributed by atoms with Crippen molar-refractivity contribution in [3.63, 3.8) is 0 Å². The summed E-state index contributed by atoms with van der Waals surface area (Å²) in [6, 6.07) is 5.20. The molecule has 2 heterocycles. The predicted octanol–water partition coefficient (Wildman–Crippen LogP) is 2.68. The Morgan fingerprint density at radius 3 is 2.34 bits per heavy atom. The lowest BCUT2D eigenvalue weighted by molar-refractivity contribution is -0.117. The molecule has 0 unspecified atom stereocenters. The van der Waals surface area contributed by atoms with Crippen LogP contribution < -0.4 is 10.2 Å². The zero-order chi connectivity index (χ0) is 20.4. The van der Waals surface area contributed by atoms with Crippen LogP contribution in [0.15, 0.2) is 23.1 Å². The van der Waals surface area contributed by atoms with Crippen molar-refractivity contribution < 1.29 is 17.9 Å². The van der Waals surface area contributed by atoms with E-state index in [1.54, 1.807) is 12.1 Å². The van der Waals surface area contributed by atoms with E-state index in [1.165, 1.54) is 17.1 Å². The minimum atomic E-state index is -3.61. The van der Waals surface area contributed by atoms with Crippen LogP contribution in [0.1, 0.15) is 39.0 Å². The second kappa shape index (κ2) is 8.62. The summed E-state index contributed by atoms with van der Waals surface area (Å²) in [6.07, 6.45) is 5.54. The third-order valence-corrected chi connectivity index (χ3v) is 8.12. The molecule has 2 saturated heterocycles. The fourth-order valence-corrected chi connectivity index (χ4v) is 5.65. The van der Waals surface area contributed by atoms with Crippen LogP contribution >= 0.6 is 0 Å². The zero-order valence-corrected chi connectivity index (χ0v) is 17.9. The molecule has 29 heavy (non-hydrogen) atoms. The van der Waals surface area contributed by atoms with E-state index in [2.05, 4.69) is 17.1 Å². The molecule has 2 atom stereocenters. The summed E-state index contributed by atoms with van der Waals surface area (Å²) in [5.41, 5.74) is 1.54. The van der Waals surface area contributed by atoms with Gasteiger partial charge in [-0.25, -0.2) is 8.42 Å². The quantitative estimate of drug-likeness (QED) is 0.791. The molecule has 1 aromatic rings. The first kappa shape index (κ1) is 20.6. The number of rotatable bonds is 5. The second-order valence-electron chi connectivity index (χ2n) is 8.41. The first-order valence-electron chi connectivity index (χ1n) is 10.7. The topological polar surface area (TPSA) is 79.0 Å². The van der Waals surface area contributed by atoms with Crippen molar-refractivity contribution in [3.8, 4) is 0 Å². The van der Waals surface area contributed by atoms with Crippen molar-refractivity contribution in [2.75, 3.05) is 49.6 Å². The summed E-state index contributed by atoms with van der Waals surface area (Å²) >= 11 is 0. The molecule has 2 aliphatic heterocycles. The van der Waals surface area contributed by atoms with Crippen molar-refractivity contribution in [2.24, 2.45) is 11.8 Å². The molecule has 0 spiro atoms. The Balaban J connectivity index is 1.65. The molecule has 1 saturated carbocycles. The maximum Gasteiger partial charge on any atom is 0.243 e. The van der Waals surface area contributed by atoms with Gasteiger partial charge in [0.25, 0.3) is 0 Å². The Hall–Kier alpha value is -1.64. The van der Waals surface area contributed by atoms with E-state index < -0.39 is 10.0 Å². The van der Waals surface area contributed by atoms with Crippen LogP contribution in [-0.4, -0.2) is 58.0 Å². The number of carbonyl (C=O) groups is 1. The number of sulfonamides is 1. The Labute approximate surface area is 173 Å². The molecule has 1 aliphatic carbocycles. The number of hydrogen-bond donors (Lipinski definition) is 1. The van der Waals surface area contributed by atoms with Crippen LogP contribution in [0.5, 0.6) is 0 Å². The first-order chi connectivity index (χ1) is 14.0. The summed E-state index contributed by atoms with van der Waals surface area (Å²) in [5.74, 6) is 0.429. The van der Waals surface area contributed by atoms with E-state index in [0.717, 1.165) is 38.0 Å². The summed E-state index contributed by atoms with van der Waals surface area (Å²) in [6.45, 7) is 5.47. The van der Waals surface area contributed by atoms with Gasteiger partial charge in [0.1, 0.15) is 0 Å². The highest BCUT2D eigenvalue weighted by atomic mass is 32.2. The zero-order valence-electron chi connectivity index (χ0n) is 17.1. The smallest absolute Gasteiger partial charge is 0.243 e. The fourth-order valence-electron chi connectivity index (χ4n) is 4.21. The van der Waals surface area contributed by atoms with Crippen LogP contribution in [0.4, 0.5) is 11.4 Å². The standard InChI is InChI=1S/C21H31N3O4S/c1-16-14-18(16)21(25)22-19-15-17(29(26,27)24-10-12-28-13-11-24)6-7-20(19)23-8-4-2-3-5-9-23/h6-7,15-16,18H,2-5,8-14H2,1H3,(H,22,25)/t16-,18+/m0/s1. The average molecular weight is 422 g/mol. The molecule has 8 heteroatoms. The van der Waals surface area contributed by atoms with Crippen LogP contribution in [0.3, 0.4) is 0 Å². The van der Waals surface area contributed by atoms with Gasteiger partial charge in [0.2, 0.25) is 15.9 Å². The molecule has 160 valence electrons. The van der Waals surface area contributed by atoms with Gasteiger partial charge in [0.05, 0.1) is 29.5 Å². The predicted molar refractivity (Wildman–Crippen MR) is 113 cm³/mol. The molecule has 0 aromatic heterocycles. The van der Waals surface area contributed by atoms with Gasteiger partial charge in [-0.1, -0.05) is 19.8 Å². The molecular weight excluding hydrogens is 390 g/mol. The van der Waals surface area contributed by atoms with E-state index in [0.29, 0.717) is 37.9 Å². The van der Waals surface area contributed by atoms with Crippen molar-refractivity contribution in [1.29, 1.82) is 0 Å². The molecule has 0 radical (unpaired) electrons. The third kappa shape index (κ3) is 4.59. The van der Waals surface area contributed by atoms with Crippen LogP contribution in [-0.2, 0) is 19.6 Å². The SMILES string of the molecule is C[C@H]1C[C@H]1C(=O)Nc1cc(S(=O)(=O)N2CCOCC2)ccc1N1CCCCCC1. The Morgan fingerprint density at radius 2 is 1.72 bits per heavy atom. The maximum absolute atomic E-state index is 13.1. The normalized spacial score (nSPS) is 26.0. The lowest BCUT2D eigenvalue weighted by Crippen LogP contribution is -2.40. The lowest BCUT2D eigenvalue weighted by atomic mass is 10.2. The van der Waals surface area contributed by atoms with Crippen molar-refractivity contribution in [1.82, 2.24) is 4.31 Å². The Kier molecular flexibility index (Phi) is 6.13. The molecule has 4 rings (SSSR count). The number of nitrogens with one attached hydrogen (secondary N) is 1. The van der Waals surface area contributed by atoms with Gasteiger partial charge >= 0.3 is 0 Å². The maximum atomic E-state index is 13.1. The van der Waals surface area contributed by atoms with E-state index >= 15 is 0 Å². The summed E-state index contributed by atoms with van der Waals surface area (Å²) in [7, 11) is -3.61. The minimum Gasteiger partial charge on any atom is -0.379 e. The van der Waals surface area contributed by atoms with E-state index in [-0.39, 0.29) is 16.7 Å². The monoisotopic (exact) mass is 421 g/mol. The molecule has 1 amide bonds. The number of morpholine rings is 1. The van der Waals surface area contributed by atoms with Gasteiger partial charge in [0.15, 0.2) is 0 Å². The number of anilines is 2. The lowest BCUT2D eigenvalue weighted by Gasteiger charge is -2.28. The largest absolute Gasteiger partial charge is 0.379 e. The van der Waals surface area contributed by atoms with Crippen LogP contribution in [0.25, 0.3) is 0 Å². The number of hydrogen-bond acceptors (Lipinski definition) is 5. The summed E-state index contributed by atoms with van der Waals surface area (Å²) in [5, 5.41) is 3.05. The third-order valence-electron chi connectivity index (χ3n) is 6.23. The second-order valence-corrected chi connectivity index (χ2v) is 10.3. The first-order valence-corrected chi connectivity index (χ1v) is 12.2. The number of nitrogens with zero attached hydrogens (tertiary/aromatic N) is 2. The number of carbonyl (C=O) groups excluding carboxylic acids is 1. The molecule has 3 fully saturated rings. The highest BCUT2D eigenvalue weighted by molar-refractivity contribution is 7.89. The van der Waals surface area contributed by atoms with Gasteiger partial charge in [0, 0.05) is 32.1 Å². The van der Waals surface area contributed by atoms with Gasteiger partial charge in [-0.2, -0.15) is 4.31 Å². The molecule has 1 N–H and O–H groups in total. The summed E-state index contributed by atoms with van der Waals surface area (Å²) < 4.78 is 33.0. The van der Waals surface area contributed by atoms with Crippen molar-refractivity contribution in [2.45, 2.75) is 43.9 Å². The molecule has 7 nitrogen and oxygen atoms in total. The van der Waals surface area contributed by atoms with Crippen LogP contribution in [0.2, 0.25) is 0 Å². The molecule has 0 bridgehead atoms. The van der Waals surface area contributed by atoms with E-state index in [1.807, 2.05) is 6.07 Å². The van der Waals surface area contributed by atoms with Crippen LogP contribution in [0, 0.1) is 11.8 Å². The van der Waals surface area contributed by atoms with Gasteiger partial charge in [-0.15, -0.1) is 0 Å².